The van der Waals surface area contributed by atoms with Crippen LogP contribution in [-0.2, 0) is 19.3 Å². The number of allylic oxidation sites excluding steroid dienone is 1. The zero-order valence-corrected chi connectivity index (χ0v) is 18.3. The summed E-state index contributed by atoms with van der Waals surface area (Å²) in [5, 5.41) is 0. The second-order valence-corrected chi connectivity index (χ2v) is 7.79. The van der Waals surface area contributed by atoms with E-state index in [2.05, 4.69) is 55.5 Å². The highest BCUT2D eigenvalue weighted by molar-refractivity contribution is 5.64. The third-order valence-corrected chi connectivity index (χ3v) is 5.45. The van der Waals surface area contributed by atoms with Crippen molar-refractivity contribution in [3.63, 3.8) is 0 Å². The van der Waals surface area contributed by atoms with E-state index in [4.69, 9.17) is 4.74 Å². The van der Waals surface area contributed by atoms with Crippen LogP contribution in [0.5, 0.6) is 5.75 Å². The zero-order chi connectivity index (χ0) is 22.1. The Hall–Kier alpha value is -2.94. The van der Waals surface area contributed by atoms with Crippen LogP contribution in [-0.4, -0.2) is 0 Å². The number of halogens is 2. The summed E-state index contributed by atoms with van der Waals surface area (Å²) in [5.74, 6) is -1.87. The molecule has 162 valence electrons. The number of hydrogen-bond donors (Lipinski definition) is 0. The molecule has 0 aliphatic rings. The molecule has 3 aromatic rings. The molecule has 0 aliphatic carbocycles. The van der Waals surface area contributed by atoms with Gasteiger partial charge in [-0.15, -0.1) is 0 Å². The predicted octanol–water partition coefficient (Wildman–Crippen LogP) is 8.06. The summed E-state index contributed by atoms with van der Waals surface area (Å²) in [6.45, 7) is 3.97. The Morgan fingerprint density at radius 3 is 1.90 bits per heavy atom. The van der Waals surface area contributed by atoms with Gasteiger partial charge in [0.2, 0.25) is 5.82 Å². The van der Waals surface area contributed by atoms with Gasteiger partial charge in [0.25, 0.3) is 0 Å². The Balaban J connectivity index is 1.60. The van der Waals surface area contributed by atoms with Crippen molar-refractivity contribution in [1.82, 2.24) is 0 Å². The van der Waals surface area contributed by atoms with Gasteiger partial charge in [0, 0.05) is 0 Å². The molecule has 31 heavy (non-hydrogen) atoms. The van der Waals surface area contributed by atoms with Gasteiger partial charge in [-0.25, -0.2) is 4.39 Å². The average Bonchev–Trinajstić information content (AvgIpc) is 2.80. The molecule has 0 aromatic heterocycles. The summed E-state index contributed by atoms with van der Waals surface area (Å²) in [6.07, 6.45) is 8.90. The summed E-state index contributed by atoms with van der Waals surface area (Å²) in [5.41, 5.74) is 5.18. The first-order chi connectivity index (χ1) is 15.1. The molecule has 0 saturated heterocycles. The predicted molar refractivity (Wildman–Crippen MR) is 124 cm³/mol. The second kappa shape index (κ2) is 11.5. The van der Waals surface area contributed by atoms with Gasteiger partial charge in [-0.2, -0.15) is 4.39 Å². The fourth-order valence-corrected chi connectivity index (χ4v) is 3.58. The van der Waals surface area contributed by atoms with Gasteiger partial charge in [-0.3, -0.25) is 0 Å². The molecule has 3 heteroatoms. The van der Waals surface area contributed by atoms with Crippen LogP contribution in [0, 0.1) is 11.6 Å². The van der Waals surface area contributed by atoms with Crippen molar-refractivity contribution in [3.8, 4) is 16.9 Å². The van der Waals surface area contributed by atoms with E-state index in [-0.39, 0.29) is 5.75 Å². The Morgan fingerprint density at radius 1 is 0.710 bits per heavy atom. The molecule has 0 radical (unpaired) electrons. The molecule has 0 atom stereocenters. The molecule has 0 spiro atoms. The Kier molecular flexibility index (Phi) is 8.40. The molecule has 0 unspecified atom stereocenters. The lowest BCUT2D eigenvalue weighted by Gasteiger charge is -2.09. The first kappa shape index (κ1) is 22.7. The Labute approximate surface area is 184 Å². The molecule has 0 bridgehead atoms. The fraction of sp³-hybridized carbons (Fsp3) is 0.286. The summed E-state index contributed by atoms with van der Waals surface area (Å²) >= 11 is 0. The molecule has 0 N–H and O–H groups in total. The number of aryl methyl sites for hydroxylation is 3. The van der Waals surface area contributed by atoms with Crippen molar-refractivity contribution in [3.05, 3.63) is 101 Å². The van der Waals surface area contributed by atoms with Crippen LogP contribution in [0.2, 0.25) is 0 Å². The number of unbranched alkanes of at least 4 members (excludes halogenated alkanes) is 2. The highest BCUT2D eigenvalue weighted by Crippen LogP contribution is 2.25. The lowest BCUT2D eigenvalue weighted by atomic mass is 9.98. The van der Waals surface area contributed by atoms with E-state index in [0.29, 0.717) is 18.4 Å². The fourth-order valence-electron chi connectivity index (χ4n) is 3.58. The molecule has 0 fully saturated rings. The van der Waals surface area contributed by atoms with Gasteiger partial charge in [0.15, 0.2) is 11.6 Å². The Morgan fingerprint density at radius 2 is 1.32 bits per heavy atom. The maximum absolute atomic E-state index is 14.3. The quantitative estimate of drug-likeness (QED) is 0.238. The van der Waals surface area contributed by atoms with Gasteiger partial charge in [-0.1, -0.05) is 80.4 Å². The normalized spacial score (nSPS) is 11.2. The molecular weight excluding hydrogens is 390 g/mol. The van der Waals surface area contributed by atoms with Crippen molar-refractivity contribution in [2.24, 2.45) is 0 Å². The van der Waals surface area contributed by atoms with Gasteiger partial charge in [-0.05, 0) is 66.5 Å². The van der Waals surface area contributed by atoms with Gasteiger partial charge in [0.05, 0.1) is 6.26 Å². The van der Waals surface area contributed by atoms with Crippen LogP contribution in [0.1, 0.15) is 49.8 Å². The number of hydrogen-bond acceptors (Lipinski definition) is 1. The SMILES string of the molecule is C/C=C/Oc1ccc(CCc2ccc(-c3ccc(CCCCC)cc3)cc2)c(F)c1F. The maximum Gasteiger partial charge on any atom is 0.201 e. The molecule has 1 nitrogen and oxygen atoms in total. The van der Waals surface area contributed by atoms with Gasteiger partial charge in [0.1, 0.15) is 0 Å². The van der Waals surface area contributed by atoms with E-state index in [1.165, 1.54) is 42.7 Å². The summed E-state index contributed by atoms with van der Waals surface area (Å²) in [7, 11) is 0. The standard InChI is InChI=1S/C28H30F2O/c1-3-5-6-7-21-8-13-23(14-9-21)24-15-10-22(11-16-24)12-17-25-18-19-26(31-20-4-2)28(30)27(25)29/h4,8-11,13-16,18-20H,3,5-7,12,17H2,1-2H3/b20-4+. The molecule has 3 rings (SSSR count). The van der Waals surface area contributed by atoms with Crippen molar-refractivity contribution in [1.29, 1.82) is 0 Å². The highest BCUT2D eigenvalue weighted by atomic mass is 19.2. The van der Waals surface area contributed by atoms with E-state index < -0.39 is 11.6 Å². The molecular formula is C28H30F2O. The first-order valence-electron chi connectivity index (χ1n) is 11.0. The van der Waals surface area contributed by atoms with E-state index in [1.54, 1.807) is 19.1 Å². The summed E-state index contributed by atoms with van der Waals surface area (Å²) < 4.78 is 33.5. The molecule has 0 amide bonds. The van der Waals surface area contributed by atoms with Gasteiger partial charge < -0.3 is 4.74 Å². The van der Waals surface area contributed by atoms with Crippen LogP contribution in [0.3, 0.4) is 0 Å². The molecule has 0 heterocycles. The third kappa shape index (κ3) is 6.27. The molecule has 3 aromatic carbocycles. The molecule has 0 aliphatic heterocycles. The van der Waals surface area contributed by atoms with E-state index in [9.17, 15) is 8.78 Å². The zero-order valence-electron chi connectivity index (χ0n) is 18.3. The lowest BCUT2D eigenvalue weighted by molar-refractivity contribution is 0.411. The van der Waals surface area contributed by atoms with Crippen LogP contribution in [0.4, 0.5) is 8.78 Å². The number of benzene rings is 3. The van der Waals surface area contributed by atoms with Crippen LogP contribution < -0.4 is 4.74 Å². The van der Waals surface area contributed by atoms with Crippen molar-refractivity contribution < 1.29 is 13.5 Å². The smallest absolute Gasteiger partial charge is 0.201 e. The average molecular weight is 421 g/mol. The lowest BCUT2D eigenvalue weighted by Crippen LogP contribution is -2.00. The van der Waals surface area contributed by atoms with Crippen molar-refractivity contribution in [2.75, 3.05) is 0 Å². The minimum Gasteiger partial charge on any atom is -0.462 e. The largest absolute Gasteiger partial charge is 0.462 e. The van der Waals surface area contributed by atoms with Crippen molar-refractivity contribution >= 4 is 0 Å². The minimum atomic E-state index is -0.941. The van der Waals surface area contributed by atoms with E-state index in [0.717, 1.165) is 17.5 Å². The minimum absolute atomic E-state index is 0.0971. The second-order valence-electron chi connectivity index (χ2n) is 7.79. The van der Waals surface area contributed by atoms with E-state index >= 15 is 0 Å². The monoisotopic (exact) mass is 420 g/mol. The van der Waals surface area contributed by atoms with E-state index in [1.807, 2.05) is 0 Å². The van der Waals surface area contributed by atoms with Gasteiger partial charge >= 0.3 is 0 Å². The number of rotatable bonds is 10. The third-order valence-electron chi connectivity index (χ3n) is 5.45. The number of ether oxygens (including phenoxy) is 1. The van der Waals surface area contributed by atoms with Crippen LogP contribution in [0.25, 0.3) is 11.1 Å². The van der Waals surface area contributed by atoms with Crippen LogP contribution >= 0.6 is 0 Å². The highest BCUT2D eigenvalue weighted by Gasteiger charge is 2.14. The topological polar surface area (TPSA) is 9.23 Å². The summed E-state index contributed by atoms with van der Waals surface area (Å²) in [4.78, 5) is 0. The first-order valence-corrected chi connectivity index (χ1v) is 11.0. The summed E-state index contributed by atoms with van der Waals surface area (Å²) in [6, 6.07) is 20.1. The van der Waals surface area contributed by atoms with Crippen LogP contribution in [0.15, 0.2) is 73.0 Å². The van der Waals surface area contributed by atoms with Crippen molar-refractivity contribution in [2.45, 2.75) is 52.4 Å². The Bertz CT molecular complexity index is 989. The molecule has 0 saturated carbocycles. The maximum atomic E-state index is 14.3.